The van der Waals surface area contributed by atoms with E-state index in [1.165, 1.54) is 12.1 Å². The summed E-state index contributed by atoms with van der Waals surface area (Å²) in [5, 5.41) is 3.76. The van der Waals surface area contributed by atoms with Crippen molar-refractivity contribution in [3.05, 3.63) is 76.9 Å². The van der Waals surface area contributed by atoms with E-state index < -0.39 is 0 Å². The molecule has 1 aliphatic rings. The molecule has 7 heteroatoms. The van der Waals surface area contributed by atoms with Crippen molar-refractivity contribution in [1.82, 2.24) is 20.0 Å². The zero-order valence-electron chi connectivity index (χ0n) is 16.3. The van der Waals surface area contributed by atoms with Crippen molar-refractivity contribution in [2.24, 2.45) is 0 Å². The monoisotopic (exact) mass is 394 g/mol. The largest absolute Gasteiger partial charge is 0.339 e. The van der Waals surface area contributed by atoms with Crippen LogP contribution in [0.1, 0.15) is 53.8 Å². The van der Waals surface area contributed by atoms with Crippen molar-refractivity contribution in [3.63, 3.8) is 0 Å². The number of carbonyl (C=O) groups is 1. The van der Waals surface area contributed by atoms with Crippen LogP contribution in [0.25, 0.3) is 0 Å². The summed E-state index contributed by atoms with van der Waals surface area (Å²) in [7, 11) is 0. The number of pyridine rings is 1. The van der Waals surface area contributed by atoms with Gasteiger partial charge < -0.3 is 9.42 Å². The first-order valence-electron chi connectivity index (χ1n) is 9.86. The summed E-state index contributed by atoms with van der Waals surface area (Å²) >= 11 is 0. The number of benzene rings is 1. The summed E-state index contributed by atoms with van der Waals surface area (Å²) in [6.07, 6.45) is 5.23. The number of amides is 1. The van der Waals surface area contributed by atoms with Gasteiger partial charge in [0, 0.05) is 25.6 Å². The van der Waals surface area contributed by atoms with Crippen molar-refractivity contribution in [3.8, 4) is 0 Å². The lowest BCUT2D eigenvalue weighted by Gasteiger charge is -2.24. The van der Waals surface area contributed by atoms with E-state index in [0.29, 0.717) is 31.0 Å². The van der Waals surface area contributed by atoms with Gasteiger partial charge in [0.25, 0.3) is 0 Å². The summed E-state index contributed by atoms with van der Waals surface area (Å²) in [4.78, 5) is 23.4. The van der Waals surface area contributed by atoms with Crippen LogP contribution >= 0.6 is 0 Å². The quantitative estimate of drug-likeness (QED) is 0.636. The third-order valence-electron chi connectivity index (χ3n) is 5.21. The third kappa shape index (κ3) is 4.67. The lowest BCUT2D eigenvalue weighted by molar-refractivity contribution is -0.132. The van der Waals surface area contributed by atoms with E-state index in [4.69, 9.17) is 4.52 Å². The Hall–Kier alpha value is -3.09. The van der Waals surface area contributed by atoms with Gasteiger partial charge in [-0.2, -0.15) is 4.98 Å². The van der Waals surface area contributed by atoms with Gasteiger partial charge in [0.2, 0.25) is 11.8 Å². The fourth-order valence-corrected chi connectivity index (χ4v) is 3.75. The molecule has 29 heavy (non-hydrogen) atoms. The summed E-state index contributed by atoms with van der Waals surface area (Å²) in [5.74, 6) is 0.925. The summed E-state index contributed by atoms with van der Waals surface area (Å²) < 4.78 is 18.1. The van der Waals surface area contributed by atoms with Crippen molar-refractivity contribution in [2.45, 2.75) is 45.1 Å². The van der Waals surface area contributed by atoms with Gasteiger partial charge in [0.05, 0.1) is 11.7 Å². The van der Waals surface area contributed by atoms with Crippen molar-refractivity contribution >= 4 is 5.91 Å². The minimum absolute atomic E-state index is 0.00629. The first-order valence-corrected chi connectivity index (χ1v) is 9.86. The Bertz CT molecular complexity index is 969. The number of halogens is 1. The van der Waals surface area contributed by atoms with Crippen LogP contribution in [0.2, 0.25) is 0 Å². The molecular weight excluding hydrogens is 371 g/mol. The molecule has 2 aromatic heterocycles. The van der Waals surface area contributed by atoms with Crippen LogP contribution in [0.4, 0.5) is 4.39 Å². The molecule has 0 unspecified atom stereocenters. The maximum Gasteiger partial charge on any atom is 0.227 e. The Morgan fingerprint density at radius 2 is 2.00 bits per heavy atom. The fraction of sp³-hybridized carbons (Fsp3) is 0.364. The molecule has 0 bridgehead atoms. The van der Waals surface area contributed by atoms with Crippen LogP contribution in [-0.2, 0) is 17.6 Å². The normalized spacial score (nSPS) is 16.3. The van der Waals surface area contributed by atoms with Gasteiger partial charge in [-0.05, 0) is 55.5 Å². The molecule has 0 spiro atoms. The van der Waals surface area contributed by atoms with Gasteiger partial charge in [-0.3, -0.25) is 9.78 Å². The number of aryl methyl sites for hydroxylation is 2. The summed E-state index contributed by atoms with van der Waals surface area (Å²) in [6, 6.07) is 10.5. The highest BCUT2D eigenvalue weighted by Crippen LogP contribution is 2.31. The van der Waals surface area contributed by atoms with Crippen LogP contribution in [0.3, 0.4) is 0 Å². The minimum Gasteiger partial charge on any atom is -0.339 e. The van der Waals surface area contributed by atoms with E-state index in [2.05, 4.69) is 15.1 Å². The van der Waals surface area contributed by atoms with E-state index in [0.717, 1.165) is 36.2 Å². The standard InChI is InChI=1S/C22H23FN4O2/c1-15-25-21(29-26-15)10-11-22(28)27-12-2-3-20(27)19-9-6-17(14-24-19)13-16-4-7-18(23)8-5-16/h4-9,14,20H,2-3,10-13H2,1H3/t20-/m1/s1. The molecular formula is C22H23FN4O2. The second kappa shape index (κ2) is 8.51. The highest BCUT2D eigenvalue weighted by atomic mass is 19.1. The van der Waals surface area contributed by atoms with Gasteiger partial charge in [-0.25, -0.2) is 4.39 Å². The Labute approximate surface area is 168 Å². The molecule has 0 saturated carbocycles. The maximum absolute atomic E-state index is 13.0. The number of carbonyl (C=O) groups excluding carboxylic acids is 1. The number of hydrogen-bond donors (Lipinski definition) is 0. The Kier molecular flexibility index (Phi) is 5.64. The second-order valence-electron chi connectivity index (χ2n) is 7.38. The van der Waals surface area contributed by atoms with E-state index in [1.807, 2.05) is 23.2 Å². The number of rotatable bonds is 6. The van der Waals surface area contributed by atoms with E-state index >= 15 is 0 Å². The molecule has 3 heterocycles. The van der Waals surface area contributed by atoms with Crippen molar-refractivity contribution < 1.29 is 13.7 Å². The molecule has 6 nitrogen and oxygen atoms in total. The van der Waals surface area contributed by atoms with Crippen LogP contribution in [-0.4, -0.2) is 32.5 Å². The zero-order valence-corrected chi connectivity index (χ0v) is 16.3. The molecule has 150 valence electrons. The molecule has 1 atom stereocenters. The van der Waals surface area contributed by atoms with Crippen molar-refractivity contribution in [1.29, 1.82) is 0 Å². The van der Waals surface area contributed by atoms with Crippen LogP contribution < -0.4 is 0 Å². The lowest BCUT2D eigenvalue weighted by Crippen LogP contribution is -2.31. The fourth-order valence-electron chi connectivity index (χ4n) is 3.75. The predicted octanol–water partition coefficient (Wildman–Crippen LogP) is 3.80. The number of hydrogen-bond acceptors (Lipinski definition) is 5. The van der Waals surface area contributed by atoms with Gasteiger partial charge in [0.15, 0.2) is 5.82 Å². The summed E-state index contributed by atoms with van der Waals surface area (Å²) in [5.41, 5.74) is 3.00. The smallest absolute Gasteiger partial charge is 0.227 e. The number of aromatic nitrogens is 3. The molecule has 0 N–H and O–H groups in total. The predicted molar refractivity (Wildman–Crippen MR) is 104 cm³/mol. The van der Waals surface area contributed by atoms with Gasteiger partial charge in [-0.15, -0.1) is 0 Å². The Morgan fingerprint density at radius 3 is 2.69 bits per heavy atom. The minimum atomic E-state index is -0.234. The molecule has 1 fully saturated rings. The van der Waals surface area contributed by atoms with Crippen LogP contribution in [0, 0.1) is 12.7 Å². The highest BCUT2D eigenvalue weighted by Gasteiger charge is 2.30. The third-order valence-corrected chi connectivity index (χ3v) is 5.21. The van der Waals surface area contributed by atoms with E-state index in [9.17, 15) is 9.18 Å². The number of likely N-dealkylation sites (tertiary alicyclic amines) is 1. The molecule has 1 saturated heterocycles. The Balaban J connectivity index is 1.38. The highest BCUT2D eigenvalue weighted by molar-refractivity contribution is 5.77. The van der Waals surface area contributed by atoms with Crippen LogP contribution in [0.5, 0.6) is 0 Å². The SMILES string of the molecule is Cc1noc(CCC(=O)N2CCC[C@@H]2c2ccc(Cc3ccc(F)cc3)cn2)n1. The molecule has 1 amide bonds. The molecule has 0 radical (unpaired) electrons. The topological polar surface area (TPSA) is 72.1 Å². The van der Waals surface area contributed by atoms with E-state index in [-0.39, 0.29) is 17.8 Å². The average Bonchev–Trinajstić information content (AvgIpc) is 3.38. The first kappa shape index (κ1) is 19.2. The van der Waals surface area contributed by atoms with Gasteiger partial charge >= 0.3 is 0 Å². The first-order chi connectivity index (χ1) is 14.1. The van der Waals surface area contributed by atoms with E-state index in [1.54, 1.807) is 19.1 Å². The molecule has 1 aromatic carbocycles. The zero-order chi connectivity index (χ0) is 20.2. The lowest BCUT2D eigenvalue weighted by atomic mass is 10.0. The average molecular weight is 394 g/mol. The Morgan fingerprint density at radius 1 is 1.21 bits per heavy atom. The maximum atomic E-state index is 13.0. The molecule has 4 rings (SSSR count). The number of nitrogens with zero attached hydrogens (tertiary/aromatic N) is 4. The molecule has 0 aliphatic carbocycles. The second-order valence-corrected chi connectivity index (χ2v) is 7.38. The summed E-state index contributed by atoms with van der Waals surface area (Å²) in [6.45, 7) is 2.50. The van der Waals surface area contributed by atoms with Gasteiger partial charge in [0.1, 0.15) is 5.82 Å². The van der Waals surface area contributed by atoms with Gasteiger partial charge in [-0.1, -0.05) is 23.4 Å². The molecule has 3 aromatic rings. The van der Waals surface area contributed by atoms with Crippen molar-refractivity contribution in [2.75, 3.05) is 6.54 Å². The molecule has 1 aliphatic heterocycles. The van der Waals surface area contributed by atoms with Crippen LogP contribution in [0.15, 0.2) is 47.1 Å².